The molecule has 1 aromatic heterocycles. The predicted octanol–water partition coefficient (Wildman–Crippen LogP) is 2.44. The molecule has 1 aliphatic rings. The number of aliphatic carboxylic acids is 1. The van der Waals surface area contributed by atoms with E-state index in [4.69, 9.17) is 0 Å². The number of rotatable bonds is 3. The Balaban J connectivity index is 2.01. The number of carbonyl (C=O) groups excluding carboxylic acids is 1. The molecule has 6 nitrogen and oxygen atoms in total. The van der Waals surface area contributed by atoms with Crippen molar-refractivity contribution in [2.24, 2.45) is 0 Å². The maximum Gasteiger partial charge on any atom is 0.326 e. The number of nitrogens with zero attached hydrogens (tertiary/aromatic N) is 2. The zero-order valence-electron chi connectivity index (χ0n) is 13.4. The topological polar surface area (TPSA) is 76.6 Å². The number of aromatic nitrogens is 1. The molecule has 3 rings (SSSR count). The van der Waals surface area contributed by atoms with E-state index in [2.05, 4.69) is 4.98 Å². The van der Waals surface area contributed by atoms with Crippen LogP contribution in [0.1, 0.15) is 25.1 Å². The molecule has 0 radical (unpaired) electrons. The molecule has 2 amide bonds. The van der Waals surface area contributed by atoms with Gasteiger partial charge in [0.25, 0.3) is 0 Å². The summed E-state index contributed by atoms with van der Waals surface area (Å²) in [6.07, 6.45) is 0.335. The zero-order chi connectivity index (χ0) is 16.6. The Morgan fingerprint density at radius 2 is 2.00 bits per heavy atom. The van der Waals surface area contributed by atoms with Gasteiger partial charge in [0.2, 0.25) is 0 Å². The van der Waals surface area contributed by atoms with Gasteiger partial charge in [0.1, 0.15) is 6.04 Å². The number of urea groups is 1. The molecule has 0 fully saturated rings. The van der Waals surface area contributed by atoms with Gasteiger partial charge in [-0.15, -0.1) is 0 Å². The van der Waals surface area contributed by atoms with Crippen LogP contribution >= 0.6 is 0 Å². The van der Waals surface area contributed by atoms with Crippen LogP contribution in [0.25, 0.3) is 10.9 Å². The van der Waals surface area contributed by atoms with Crippen LogP contribution in [0.3, 0.4) is 0 Å². The highest BCUT2D eigenvalue weighted by Gasteiger charge is 2.37. The van der Waals surface area contributed by atoms with Crippen molar-refractivity contribution in [1.29, 1.82) is 0 Å². The number of H-pyrrole nitrogens is 1. The van der Waals surface area contributed by atoms with Crippen LogP contribution in [-0.4, -0.2) is 51.0 Å². The minimum absolute atomic E-state index is 0.216. The minimum atomic E-state index is -0.957. The molecule has 0 bridgehead atoms. The molecule has 2 aromatic rings. The van der Waals surface area contributed by atoms with Crippen molar-refractivity contribution in [2.45, 2.75) is 32.9 Å². The third-order valence-corrected chi connectivity index (χ3v) is 4.57. The van der Waals surface area contributed by atoms with Crippen LogP contribution < -0.4 is 0 Å². The fourth-order valence-corrected chi connectivity index (χ4v) is 3.31. The van der Waals surface area contributed by atoms with Crippen molar-refractivity contribution >= 4 is 22.9 Å². The van der Waals surface area contributed by atoms with E-state index >= 15 is 0 Å². The lowest BCUT2D eigenvalue weighted by Gasteiger charge is -2.36. The molecule has 1 aromatic carbocycles. The number of aromatic amines is 1. The minimum Gasteiger partial charge on any atom is -0.480 e. The van der Waals surface area contributed by atoms with E-state index in [1.807, 2.05) is 38.1 Å². The van der Waals surface area contributed by atoms with Crippen molar-refractivity contribution in [2.75, 3.05) is 13.1 Å². The summed E-state index contributed by atoms with van der Waals surface area (Å²) in [5.74, 6) is -0.957. The fourth-order valence-electron chi connectivity index (χ4n) is 3.31. The van der Waals surface area contributed by atoms with E-state index in [-0.39, 0.29) is 6.03 Å². The molecule has 1 unspecified atom stereocenters. The van der Waals surface area contributed by atoms with Crippen LogP contribution in [0.2, 0.25) is 0 Å². The Hall–Kier alpha value is -2.50. The van der Waals surface area contributed by atoms with Gasteiger partial charge >= 0.3 is 12.0 Å². The van der Waals surface area contributed by atoms with Gasteiger partial charge in [-0.1, -0.05) is 18.2 Å². The monoisotopic (exact) mass is 315 g/mol. The summed E-state index contributed by atoms with van der Waals surface area (Å²) in [6.45, 7) is 5.23. The van der Waals surface area contributed by atoms with Gasteiger partial charge in [-0.3, -0.25) is 0 Å². The van der Waals surface area contributed by atoms with E-state index < -0.39 is 12.0 Å². The lowest BCUT2D eigenvalue weighted by Crippen LogP contribution is -2.53. The quantitative estimate of drug-likeness (QED) is 0.913. The van der Waals surface area contributed by atoms with Crippen LogP contribution in [0.15, 0.2) is 24.3 Å². The highest BCUT2D eigenvalue weighted by atomic mass is 16.4. The molecule has 2 heterocycles. The number of nitrogens with one attached hydrogen (secondary N) is 1. The Kier molecular flexibility index (Phi) is 3.98. The molecule has 0 spiro atoms. The van der Waals surface area contributed by atoms with Gasteiger partial charge in [0.05, 0.1) is 6.54 Å². The Bertz CT molecular complexity index is 749. The summed E-state index contributed by atoms with van der Waals surface area (Å²) in [4.78, 5) is 30.8. The molecule has 6 heteroatoms. The number of carbonyl (C=O) groups is 2. The zero-order valence-corrected chi connectivity index (χ0v) is 13.4. The molecule has 0 saturated heterocycles. The van der Waals surface area contributed by atoms with Crippen LogP contribution in [0.5, 0.6) is 0 Å². The summed E-state index contributed by atoms with van der Waals surface area (Å²) in [7, 11) is 0. The first kappa shape index (κ1) is 15.4. The fraction of sp³-hybridized carbons (Fsp3) is 0.412. The van der Waals surface area contributed by atoms with Crippen molar-refractivity contribution in [3.63, 3.8) is 0 Å². The third kappa shape index (κ3) is 2.54. The lowest BCUT2D eigenvalue weighted by atomic mass is 9.97. The van der Waals surface area contributed by atoms with Gasteiger partial charge in [-0.2, -0.15) is 0 Å². The Labute approximate surface area is 134 Å². The highest BCUT2D eigenvalue weighted by Crippen LogP contribution is 2.30. The number of para-hydroxylation sites is 1. The molecule has 0 saturated carbocycles. The molecule has 23 heavy (non-hydrogen) atoms. The smallest absolute Gasteiger partial charge is 0.326 e. The van der Waals surface area contributed by atoms with Crippen LogP contribution in [-0.2, 0) is 17.8 Å². The van der Waals surface area contributed by atoms with Crippen molar-refractivity contribution in [3.05, 3.63) is 35.5 Å². The second kappa shape index (κ2) is 5.95. The summed E-state index contributed by atoms with van der Waals surface area (Å²) in [6, 6.07) is 6.81. The number of carboxylic acids is 1. The molecule has 1 atom stereocenters. The number of hydrogen-bond acceptors (Lipinski definition) is 2. The number of amides is 2. The third-order valence-electron chi connectivity index (χ3n) is 4.57. The summed E-state index contributed by atoms with van der Waals surface area (Å²) in [5, 5.41) is 10.6. The molecule has 1 aliphatic heterocycles. The summed E-state index contributed by atoms with van der Waals surface area (Å²) in [5.41, 5.74) is 2.93. The average Bonchev–Trinajstić information content (AvgIpc) is 2.92. The molecular formula is C17H21N3O3. The van der Waals surface area contributed by atoms with E-state index in [0.29, 0.717) is 26.1 Å². The van der Waals surface area contributed by atoms with Crippen LogP contribution in [0, 0.1) is 0 Å². The van der Waals surface area contributed by atoms with Gasteiger partial charge in [0.15, 0.2) is 0 Å². The maximum absolute atomic E-state index is 12.7. The highest BCUT2D eigenvalue weighted by molar-refractivity contribution is 5.89. The van der Waals surface area contributed by atoms with Gasteiger partial charge in [-0.25, -0.2) is 9.59 Å². The summed E-state index contributed by atoms with van der Waals surface area (Å²) >= 11 is 0. The van der Waals surface area contributed by atoms with E-state index in [0.717, 1.165) is 22.2 Å². The molecule has 122 valence electrons. The van der Waals surface area contributed by atoms with Gasteiger partial charge in [-0.05, 0) is 25.5 Å². The number of benzene rings is 1. The molecule has 2 N–H and O–H groups in total. The van der Waals surface area contributed by atoms with Gasteiger partial charge < -0.3 is 19.9 Å². The second-order valence-electron chi connectivity index (χ2n) is 5.77. The maximum atomic E-state index is 12.7. The first-order valence-corrected chi connectivity index (χ1v) is 7.93. The van der Waals surface area contributed by atoms with Gasteiger partial charge in [0, 0.05) is 36.1 Å². The first-order valence-electron chi connectivity index (χ1n) is 7.93. The number of fused-ring (bicyclic) bond motifs is 3. The SMILES string of the molecule is CCN(CC)C(=O)N1Cc2[nH]c3ccccc3c2CC1C(=O)O. The Morgan fingerprint density at radius 1 is 1.30 bits per heavy atom. The van der Waals surface area contributed by atoms with Crippen molar-refractivity contribution < 1.29 is 14.7 Å². The molecular weight excluding hydrogens is 294 g/mol. The number of carboxylic acid groups (broad SMARTS) is 1. The largest absolute Gasteiger partial charge is 0.480 e. The second-order valence-corrected chi connectivity index (χ2v) is 5.77. The Morgan fingerprint density at radius 3 is 2.65 bits per heavy atom. The van der Waals surface area contributed by atoms with E-state index in [1.54, 1.807) is 4.90 Å². The molecule has 0 aliphatic carbocycles. The van der Waals surface area contributed by atoms with Crippen molar-refractivity contribution in [1.82, 2.24) is 14.8 Å². The van der Waals surface area contributed by atoms with Crippen LogP contribution in [0.4, 0.5) is 4.79 Å². The first-order chi connectivity index (χ1) is 11.1. The normalized spacial score (nSPS) is 17.1. The predicted molar refractivity (Wildman–Crippen MR) is 87.3 cm³/mol. The lowest BCUT2D eigenvalue weighted by molar-refractivity contribution is -0.142. The summed E-state index contributed by atoms with van der Waals surface area (Å²) < 4.78 is 0. The van der Waals surface area contributed by atoms with Crippen molar-refractivity contribution in [3.8, 4) is 0 Å². The number of hydrogen-bond donors (Lipinski definition) is 2. The average molecular weight is 315 g/mol. The van der Waals surface area contributed by atoms with E-state index in [1.165, 1.54) is 4.90 Å². The standard InChI is InChI=1S/C17H21N3O3/c1-3-19(4-2)17(23)20-10-14-12(9-15(20)16(21)22)11-7-5-6-8-13(11)18-14/h5-8,15,18H,3-4,9-10H2,1-2H3,(H,21,22). The van der Waals surface area contributed by atoms with E-state index in [9.17, 15) is 14.7 Å².